The number of hydrogen-bond donors (Lipinski definition) is 7. The second kappa shape index (κ2) is 15.6. The summed E-state index contributed by atoms with van der Waals surface area (Å²) < 4.78 is 0. The van der Waals surface area contributed by atoms with E-state index in [-0.39, 0.29) is 25.7 Å². The van der Waals surface area contributed by atoms with Crippen LogP contribution in [0.2, 0.25) is 0 Å². The monoisotopic (exact) mass is 555 g/mol. The van der Waals surface area contributed by atoms with E-state index in [1.165, 1.54) is 0 Å². The van der Waals surface area contributed by atoms with Gasteiger partial charge in [0.1, 0.15) is 18.1 Å². The number of hydrogen-bond acceptors (Lipinski definition) is 7. The second-order valence-corrected chi connectivity index (χ2v) is 9.11. The van der Waals surface area contributed by atoms with E-state index in [9.17, 15) is 39.0 Å². The Labute approximate surface area is 230 Å². The van der Waals surface area contributed by atoms with Gasteiger partial charge in [-0.05, 0) is 24.0 Å². The van der Waals surface area contributed by atoms with Crippen LogP contribution in [-0.2, 0) is 41.6 Å². The van der Waals surface area contributed by atoms with Crippen LogP contribution in [0.4, 0.5) is 0 Å². The topological polar surface area (TPSA) is 231 Å². The highest BCUT2D eigenvalue weighted by molar-refractivity contribution is 5.95. The second-order valence-electron chi connectivity index (χ2n) is 9.11. The maximum absolute atomic E-state index is 13.3. The van der Waals surface area contributed by atoms with Gasteiger partial charge < -0.3 is 37.6 Å². The normalized spacial score (nSPS) is 13.6. The molecule has 13 heteroatoms. The van der Waals surface area contributed by atoms with Crippen LogP contribution in [0.1, 0.15) is 30.4 Å². The van der Waals surface area contributed by atoms with Gasteiger partial charge in [0.2, 0.25) is 23.6 Å². The lowest BCUT2D eigenvalue weighted by atomic mass is 10.0. The largest absolute Gasteiger partial charge is 0.481 e. The molecule has 214 valence electrons. The highest BCUT2D eigenvalue weighted by Crippen LogP contribution is 2.08. The molecule has 0 aliphatic carbocycles. The van der Waals surface area contributed by atoms with Crippen molar-refractivity contribution >= 4 is 35.6 Å². The standard InChI is InChI=1S/C27H33N5O8/c28-18(13-16-7-3-1-4-8-16)24(36)31-20(14-17-9-5-2-6-10-17)25(37)32-21(15-23(34)35)26(38)30-19(27(39)40)11-12-22(29)33/h1-10,18-21H,11-15,28H2,(H2,29,33)(H,30,38)(H,31,36)(H,32,37)(H,34,35)(H,39,40). The lowest BCUT2D eigenvalue weighted by Gasteiger charge is -2.24. The van der Waals surface area contributed by atoms with Crippen molar-refractivity contribution in [3.63, 3.8) is 0 Å². The van der Waals surface area contributed by atoms with Crippen molar-refractivity contribution in [2.24, 2.45) is 11.5 Å². The van der Waals surface area contributed by atoms with Crippen molar-refractivity contribution in [2.45, 2.75) is 56.3 Å². The van der Waals surface area contributed by atoms with Gasteiger partial charge in [-0.25, -0.2) is 4.79 Å². The molecule has 0 bridgehead atoms. The van der Waals surface area contributed by atoms with E-state index in [2.05, 4.69) is 16.0 Å². The number of carboxylic acid groups (broad SMARTS) is 2. The van der Waals surface area contributed by atoms with E-state index in [1.54, 1.807) is 54.6 Å². The van der Waals surface area contributed by atoms with E-state index in [4.69, 9.17) is 11.5 Å². The Balaban J connectivity index is 2.20. The number of aliphatic carboxylic acids is 2. The molecular formula is C27H33N5O8. The first-order valence-corrected chi connectivity index (χ1v) is 12.4. The molecule has 4 unspecified atom stereocenters. The smallest absolute Gasteiger partial charge is 0.326 e. The van der Waals surface area contributed by atoms with Crippen molar-refractivity contribution in [1.82, 2.24) is 16.0 Å². The van der Waals surface area contributed by atoms with Crippen LogP contribution in [0.15, 0.2) is 60.7 Å². The maximum atomic E-state index is 13.3. The number of rotatable bonds is 16. The number of nitrogens with two attached hydrogens (primary N) is 2. The van der Waals surface area contributed by atoms with Crippen LogP contribution in [0.5, 0.6) is 0 Å². The van der Waals surface area contributed by atoms with Crippen molar-refractivity contribution in [3.8, 4) is 0 Å². The van der Waals surface area contributed by atoms with Crippen molar-refractivity contribution in [1.29, 1.82) is 0 Å². The molecule has 0 aliphatic rings. The van der Waals surface area contributed by atoms with Crippen molar-refractivity contribution < 1.29 is 39.0 Å². The summed E-state index contributed by atoms with van der Waals surface area (Å²) in [7, 11) is 0. The van der Waals surface area contributed by atoms with Gasteiger partial charge in [0.25, 0.3) is 0 Å². The lowest BCUT2D eigenvalue weighted by molar-refractivity contribution is -0.143. The Morgan fingerprint density at radius 3 is 1.65 bits per heavy atom. The number of primary amides is 1. The molecule has 40 heavy (non-hydrogen) atoms. The zero-order valence-electron chi connectivity index (χ0n) is 21.6. The predicted molar refractivity (Wildman–Crippen MR) is 142 cm³/mol. The van der Waals surface area contributed by atoms with Crippen LogP contribution in [-0.4, -0.2) is 69.9 Å². The number of carbonyl (C=O) groups is 6. The third-order valence-corrected chi connectivity index (χ3v) is 5.86. The first-order chi connectivity index (χ1) is 19.0. The van der Waals surface area contributed by atoms with Gasteiger partial charge in [-0.2, -0.15) is 0 Å². The fourth-order valence-electron chi connectivity index (χ4n) is 3.77. The first kappa shape index (κ1) is 31.4. The fourth-order valence-corrected chi connectivity index (χ4v) is 3.77. The van der Waals surface area contributed by atoms with Gasteiger partial charge >= 0.3 is 11.9 Å². The quantitative estimate of drug-likeness (QED) is 0.135. The van der Waals surface area contributed by atoms with E-state index in [0.29, 0.717) is 5.56 Å². The Kier molecular flexibility index (Phi) is 12.3. The minimum Gasteiger partial charge on any atom is -0.481 e. The predicted octanol–water partition coefficient (Wildman–Crippen LogP) is -0.922. The molecule has 0 saturated heterocycles. The summed E-state index contributed by atoms with van der Waals surface area (Å²) in [6, 6.07) is 12.2. The van der Waals surface area contributed by atoms with E-state index >= 15 is 0 Å². The molecule has 0 spiro atoms. The summed E-state index contributed by atoms with van der Waals surface area (Å²) in [6.45, 7) is 0. The summed E-state index contributed by atoms with van der Waals surface area (Å²) in [4.78, 5) is 73.0. The van der Waals surface area contributed by atoms with Gasteiger partial charge in [0.15, 0.2) is 0 Å². The minimum atomic E-state index is -1.69. The summed E-state index contributed by atoms with van der Waals surface area (Å²) in [6.07, 6.45) is -1.37. The van der Waals surface area contributed by atoms with Crippen LogP contribution in [0, 0.1) is 0 Å². The molecule has 0 aliphatic heterocycles. The fraction of sp³-hybridized carbons (Fsp3) is 0.333. The number of nitrogens with one attached hydrogen (secondary N) is 3. The molecule has 2 rings (SSSR count). The average molecular weight is 556 g/mol. The van der Waals surface area contributed by atoms with Gasteiger partial charge in [-0.3, -0.25) is 24.0 Å². The number of carbonyl (C=O) groups excluding carboxylic acids is 4. The Bertz CT molecular complexity index is 1190. The molecule has 2 aromatic rings. The molecule has 2 aromatic carbocycles. The van der Waals surface area contributed by atoms with Crippen LogP contribution >= 0.6 is 0 Å². The summed E-state index contributed by atoms with van der Waals surface area (Å²) >= 11 is 0. The van der Waals surface area contributed by atoms with Crippen LogP contribution in [0.25, 0.3) is 0 Å². The van der Waals surface area contributed by atoms with Crippen molar-refractivity contribution in [3.05, 3.63) is 71.8 Å². The summed E-state index contributed by atoms with van der Waals surface area (Å²) in [5.74, 6) is -6.33. The molecule has 9 N–H and O–H groups in total. The van der Waals surface area contributed by atoms with Crippen LogP contribution in [0.3, 0.4) is 0 Å². The Hall–Kier alpha value is -4.78. The maximum Gasteiger partial charge on any atom is 0.326 e. The van der Waals surface area contributed by atoms with Gasteiger partial charge in [0.05, 0.1) is 12.5 Å². The third-order valence-electron chi connectivity index (χ3n) is 5.86. The highest BCUT2D eigenvalue weighted by atomic mass is 16.4. The number of amides is 4. The molecule has 0 heterocycles. The Morgan fingerprint density at radius 1 is 0.675 bits per heavy atom. The SMILES string of the molecule is NC(=O)CCC(NC(=O)C(CC(=O)O)NC(=O)C(Cc1ccccc1)NC(=O)C(N)Cc1ccccc1)C(=O)O. The molecular weight excluding hydrogens is 522 g/mol. The number of carboxylic acids is 2. The zero-order chi connectivity index (χ0) is 29.7. The van der Waals surface area contributed by atoms with Gasteiger partial charge in [-0.15, -0.1) is 0 Å². The first-order valence-electron chi connectivity index (χ1n) is 12.4. The van der Waals surface area contributed by atoms with Gasteiger partial charge in [-0.1, -0.05) is 60.7 Å². The lowest BCUT2D eigenvalue weighted by Crippen LogP contribution is -2.58. The van der Waals surface area contributed by atoms with E-state index in [1.807, 2.05) is 6.07 Å². The Morgan fingerprint density at radius 2 is 1.15 bits per heavy atom. The summed E-state index contributed by atoms with van der Waals surface area (Å²) in [5, 5.41) is 25.7. The van der Waals surface area contributed by atoms with E-state index in [0.717, 1.165) is 5.56 Å². The molecule has 4 atom stereocenters. The molecule has 13 nitrogen and oxygen atoms in total. The van der Waals surface area contributed by atoms with Crippen molar-refractivity contribution in [2.75, 3.05) is 0 Å². The molecule has 4 amide bonds. The molecule has 0 fully saturated rings. The highest BCUT2D eigenvalue weighted by Gasteiger charge is 2.32. The average Bonchev–Trinajstić information content (AvgIpc) is 2.90. The molecule has 0 aromatic heterocycles. The zero-order valence-corrected chi connectivity index (χ0v) is 21.6. The third kappa shape index (κ3) is 10.9. The van der Waals surface area contributed by atoms with Crippen LogP contribution < -0.4 is 27.4 Å². The summed E-state index contributed by atoms with van der Waals surface area (Å²) in [5.41, 5.74) is 12.6. The minimum absolute atomic E-state index is 0.00571. The molecule has 0 radical (unpaired) electrons. The number of benzene rings is 2. The van der Waals surface area contributed by atoms with Gasteiger partial charge in [0, 0.05) is 12.8 Å². The molecule has 0 saturated carbocycles. The van der Waals surface area contributed by atoms with E-state index < -0.39 is 66.2 Å².